The first-order valence-electron chi connectivity index (χ1n) is 4.77. The van der Waals surface area contributed by atoms with Crippen LogP contribution in [0.15, 0.2) is 30.6 Å². The summed E-state index contributed by atoms with van der Waals surface area (Å²) in [6.07, 6.45) is 0.960. The van der Waals surface area contributed by atoms with E-state index in [1.54, 1.807) is 6.33 Å². The van der Waals surface area contributed by atoms with Crippen LogP contribution in [0.5, 0.6) is 0 Å². The van der Waals surface area contributed by atoms with E-state index in [2.05, 4.69) is 4.98 Å². The third-order valence-corrected chi connectivity index (χ3v) is 2.78. The SMILES string of the molecule is OCc1ncn2c1C(O)c1ccccc1-2. The van der Waals surface area contributed by atoms with Gasteiger partial charge in [-0.1, -0.05) is 18.2 Å². The highest BCUT2D eigenvalue weighted by Crippen LogP contribution is 2.37. The van der Waals surface area contributed by atoms with Crippen LogP contribution in [0.4, 0.5) is 0 Å². The molecule has 0 spiro atoms. The number of imidazole rings is 1. The molecule has 0 aliphatic carbocycles. The fraction of sp³-hybridized carbons (Fsp3) is 0.182. The Hall–Kier alpha value is -1.65. The highest BCUT2D eigenvalue weighted by atomic mass is 16.3. The quantitative estimate of drug-likeness (QED) is 0.717. The zero-order valence-electron chi connectivity index (χ0n) is 7.96. The molecule has 0 saturated heterocycles. The van der Waals surface area contributed by atoms with E-state index < -0.39 is 6.10 Å². The van der Waals surface area contributed by atoms with Crippen LogP contribution >= 0.6 is 0 Å². The van der Waals surface area contributed by atoms with E-state index in [1.165, 1.54) is 0 Å². The van der Waals surface area contributed by atoms with Crippen molar-refractivity contribution in [2.45, 2.75) is 12.7 Å². The standard InChI is InChI=1S/C11H10N2O2/c14-5-8-10-11(15)7-3-1-2-4-9(7)13(10)6-12-8/h1-4,6,11,14-15H,5H2. The lowest BCUT2D eigenvalue weighted by atomic mass is 10.1. The average molecular weight is 202 g/mol. The second kappa shape index (κ2) is 2.92. The van der Waals surface area contributed by atoms with Gasteiger partial charge in [-0.2, -0.15) is 0 Å². The van der Waals surface area contributed by atoms with Crippen LogP contribution in [0.25, 0.3) is 5.69 Å². The van der Waals surface area contributed by atoms with Gasteiger partial charge in [-0.05, 0) is 6.07 Å². The van der Waals surface area contributed by atoms with Gasteiger partial charge in [0.1, 0.15) is 6.10 Å². The number of aliphatic hydroxyl groups excluding tert-OH is 2. The number of rotatable bonds is 1. The lowest BCUT2D eigenvalue weighted by molar-refractivity contribution is 0.213. The number of aromatic nitrogens is 2. The summed E-state index contributed by atoms with van der Waals surface area (Å²) in [6, 6.07) is 7.62. The van der Waals surface area contributed by atoms with Gasteiger partial charge in [0.2, 0.25) is 0 Å². The van der Waals surface area contributed by atoms with Gasteiger partial charge in [-0.3, -0.25) is 4.57 Å². The van der Waals surface area contributed by atoms with Crippen LogP contribution in [-0.2, 0) is 6.61 Å². The summed E-state index contributed by atoms with van der Waals surface area (Å²) in [4.78, 5) is 4.06. The summed E-state index contributed by atoms with van der Waals surface area (Å²) in [6.45, 7) is -0.145. The Labute approximate surface area is 86.4 Å². The lowest BCUT2D eigenvalue weighted by Crippen LogP contribution is -1.99. The number of fused-ring (bicyclic) bond motifs is 3. The molecule has 0 bridgehead atoms. The maximum Gasteiger partial charge on any atom is 0.123 e. The van der Waals surface area contributed by atoms with Crippen LogP contribution in [0.2, 0.25) is 0 Å². The predicted molar refractivity (Wildman–Crippen MR) is 53.5 cm³/mol. The van der Waals surface area contributed by atoms with Gasteiger partial charge < -0.3 is 10.2 Å². The first-order chi connectivity index (χ1) is 7.33. The molecular formula is C11H10N2O2. The Morgan fingerprint density at radius 1 is 1.33 bits per heavy atom. The van der Waals surface area contributed by atoms with Crippen molar-refractivity contribution in [3.8, 4) is 5.69 Å². The minimum atomic E-state index is -0.675. The monoisotopic (exact) mass is 202 g/mol. The highest BCUT2D eigenvalue weighted by molar-refractivity contribution is 5.53. The van der Waals surface area contributed by atoms with Gasteiger partial charge in [0.15, 0.2) is 0 Å². The van der Waals surface area contributed by atoms with E-state index in [-0.39, 0.29) is 6.61 Å². The Kier molecular flexibility index (Phi) is 1.68. The molecule has 0 saturated carbocycles. The van der Waals surface area contributed by atoms with Crippen LogP contribution < -0.4 is 0 Å². The number of aliphatic hydroxyl groups is 2. The van der Waals surface area contributed by atoms with E-state index in [1.807, 2.05) is 28.8 Å². The van der Waals surface area contributed by atoms with E-state index in [4.69, 9.17) is 5.11 Å². The molecule has 76 valence electrons. The summed E-state index contributed by atoms with van der Waals surface area (Å²) >= 11 is 0. The summed E-state index contributed by atoms with van der Waals surface area (Å²) in [5, 5.41) is 19.2. The van der Waals surface area contributed by atoms with E-state index >= 15 is 0 Å². The maximum absolute atomic E-state index is 10.1. The van der Waals surface area contributed by atoms with Crippen molar-refractivity contribution in [1.29, 1.82) is 0 Å². The zero-order valence-corrected chi connectivity index (χ0v) is 7.96. The molecule has 1 aromatic carbocycles. The highest BCUT2D eigenvalue weighted by Gasteiger charge is 2.29. The fourth-order valence-corrected chi connectivity index (χ4v) is 2.08. The van der Waals surface area contributed by atoms with E-state index in [0.717, 1.165) is 11.3 Å². The third-order valence-electron chi connectivity index (χ3n) is 2.78. The fourth-order valence-electron chi connectivity index (χ4n) is 2.08. The molecule has 2 heterocycles. The van der Waals surface area contributed by atoms with Gasteiger partial charge in [-0.25, -0.2) is 4.98 Å². The van der Waals surface area contributed by atoms with Crippen molar-refractivity contribution in [2.75, 3.05) is 0 Å². The number of hydrogen-bond acceptors (Lipinski definition) is 3. The number of hydrogen-bond donors (Lipinski definition) is 2. The number of para-hydroxylation sites is 1. The second-order valence-corrected chi connectivity index (χ2v) is 3.57. The predicted octanol–water partition coefficient (Wildman–Crippen LogP) is 0.760. The molecule has 0 amide bonds. The van der Waals surface area contributed by atoms with Gasteiger partial charge in [0.25, 0.3) is 0 Å². The first-order valence-corrected chi connectivity index (χ1v) is 4.77. The van der Waals surface area contributed by atoms with Crippen molar-refractivity contribution in [1.82, 2.24) is 9.55 Å². The Balaban J connectivity index is 2.29. The molecule has 1 atom stereocenters. The smallest absolute Gasteiger partial charge is 0.123 e. The van der Waals surface area contributed by atoms with Crippen LogP contribution in [0.3, 0.4) is 0 Å². The van der Waals surface area contributed by atoms with Gasteiger partial charge in [-0.15, -0.1) is 0 Å². The molecular weight excluding hydrogens is 192 g/mol. The maximum atomic E-state index is 10.1. The molecule has 0 radical (unpaired) electrons. The molecule has 0 fully saturated rings. The normalized spacial score (nSPS) is 17.6. The molecule has 3 rings (SSSR count). The molecule has 2 aromatic rings. The minimum absolute atomic E-state index is 0.145. The second-order valence-electron chi connectivity index (χ2n) is 3.57. The van der Waals surface area contributed by atoms with Crippen molar-refractivity contribution in [3.05, 3.63) is 47.5 Å². The minimum Gasteiger partial charge on any atom is -0.390 e. The van der Waals surface area contributed by atoms with Crippen molar-refractivity contribution < 1.29 is 10.2 Å². The largest absolute Gasteiger partial charge is 0.390 e. The molecule has 4 heteroatoms. The van der Waals surface area contributed by atoms with Crippen molar-refractivity contribution >= 4 is 0 Å². The summed E-state index contributed by atoms with van der Waals surface area (Å²) in [5.41, 5.74) is 3.02. The van der Waals surface area contributed by atoms with Crippen LogP contribution in [-0.4, -0.2) is 19.8 Å². The van der Waals surface area contributed by atoms with Crippen molar-refractivity contribution in [3.63, 3.8) is 0 Å². The van der Waals surface area contributed by atoms with E-state index in [9.17, 15) is 5.11 Å². The van der Waals surface area contributed by atoms with Crippen molar-refractivity contribution in [2.24, 2.45) is 0 Å². The average Bonchev–Trinajstić information content (AvgIpc) is 2.81. The molecule has 2 N–H and O–H groups in total. The first kappa shape index (κ1) is 8.64. The van der Waals surface area contributed by atoms with Gasteiger partial charge in [0, 0.05) is 5.56 Å². The topological polar surface area (TPSA) is 58.3 Å². The summed E-state index contributed by atoms with van der Waals surface area (Å²) in [5.74, 6) is 0. The molecule has 4 nitrogen and oxygen atoms in total. The van der Waals surface area contributed by atoms with E-state index in [0.29, 0.717) is 11.4 Å². The number of benzene rings is 1. The Morgan fingerprint density at radius 3 is 2.93 bits per heavy atom. The summed E-state index contributed by atoms with van der Waals surface area (Å²) in [7, 11) is 0. The molecule has 1 aromatic heterocycles. The Bertz CT molecular complexity index is 519. The van der Waals surface area contributed by atoms with Crippen LogP contribution in [0.1, 0.15) is 23.1 Å². The zero-order chi connectivity index (χ0) is 10.4. The Morgan fingerprint density at radius 2 is 2.13 bits per heavy atom. The molecule has 15 heavy (non-hydrogen) atoms. The number of nitrogens with zero attached hydrogens (tertiary/aromatic N) is 2. The van der Waals surface area contributed by atoms with Crippen LogP contribution in [0, 0.1) is 0 Å². The molecule has 1 aliphatic rings. The summed E-state index contributed by atoms with van der Waals surface area (Å²) < 4.78 is 1.82. The third kappa shape index (κ3) is 1.00. The van der Waals surface area contributed by atoms with Gasteiger partial charge in [0.05, 0.1) is 30.0 Å². The lowest BCUT2D eigenvalue weighted by Gasteiger charge is -2.03. The van der Waals surface area contributed by atoms with Gasteiger partial charge >= 0.3 is 0 Å². The molecule has 1 aliphatic heterocycles. The molecule has 1 unspecified atom stereocenters.